The van der Waals surface area contributed by atoms with Gasteiger partial charge in [0.2, 0.25) is 15.7 Å². The molecule has 0 amide bonds. The van der Waals surface area contributed by atoms with E-state index in [1.54, 1.807) is 19.1 Å². The van der Waals surface area contributed by atoms with Gasteiger partial charge in [0.1, 0.15) is 0 Å². The van der Waals surface area contributed by atoms with E-state index in [4.69, 9.17) is 10.2 Å². The normalized spacial score (nSPS) is 13.4. The number of nitrogens with two attached hydrogens (primary N) is 1. The van der Waals surface area contributed by atoms with Crippen molar-refractivity contribution in [3.05, 3.63) is 41.3 Å². The molecule has 19 heavy (non-hydrogen) atoms. The van der Waals surface area contributed by atoms with Crippen molar-refractivity contribution in [3.63, 3.8) is 0 Å². The lowest BCUT2D eigenvalue weighted by Crippen LogP contribution is -2.07. The molecular formula is C12H15N3O3S. The van der Waals surface area contributed by atoms with Gasteiger partial charge in [0, 0.05) is 0 Å². The molecule has 0 saturated heterocycles. The van der Waals surface area contributed by atoms with Gasteiger partial charge in [-0.15, -0.1) is 5.10 Å². The van der Waals surface area contributed by atoms with Gasteiger partial charge in [-0.1, -0.05) is 29.4 Å². The number of benzene rings is 1. The number of aromatic nitrogens is 2. The molecule has 2 N–H and O–H groups in total. The van der Waals surface area contributed by atoms with Gasteiger partial charge in [-0.05, 0) is 25.0 Å². The Morgan fingerprint density at radius 1 is 1.32 bits per heavy atom. The Labute approximate surface area is 111 Å². The topological polar surface area (TPSA) is 99.1 Å². The zero-order valence-electron chi connectivity index (χ0n) is 10.7. The molecule has 2 aromatic rings. The Hall–Kier alpha value is -1.73. The van der Waals surface area contributed by atoms with Gasteiger partial charge in [0.25, 0.3) is 0 Å². The molecule has 0 aliphatic carbocycles. The fourth-order valence-corrected chi connectivity index (χ4v) is 2.80. The van der Waals surface area contributed by atoms with Crippen LogP contribution < -0.4 is 5.73 Å². The minimum absolute atomic E-state index is 0.114. The maximum Gasteiger partial charge on any atom is 0.335 e. The summed E-state index contributed by atoms with van der Waals surface area (Å²) < 4.78 is 29.4. The van der Waals surface area contributed by atoms with Gasteiger partial charge in [-0.25, -0.2) is 8.42 Å². The molecule has 1 unspecified atom stereocenters. The quantitative estimate of drug-likeness (QED) is 0.908. The SMILES string of the molecule is Cc1ccccc1CS(=O)(=O)c1nnc(C(C)N)o1. The van der Waals surface area contributed by atoms with Crippen molar-refractivity contribution in [1.29, 1.82) is 0 Å². The van der Waals surface area contributed by atoms with Crippen molar-refractivity contribution in [2.24, 2.45) is 5.73 Å². The molecule has 0 aliphatic rings. The van der Waals surface area contributed by atoms with E-state index in [1.165, 1.54) is 0 Å². The fraction of sp³-hybridized carbons (Fsp3) is 0.333. The molecule has 1 atom stereocenters. The lowest BCUT2D eigenvalue weighted by Gasteiger charge is -2.04. The van der Waals surface area contributed by atoms with E-state index in [9.17, 15) is 8.42 Å². The van der Waals surface area contributed by atoms with Crippen LogP contribution in [0.2, 0.25) is 0 Å². The first-order chi connectivity index (χ1) is 8.90. The Morgan fingerprint density at radius 2 is 2.00 bits per heavy atom. The van der Waals surface area contributed by atoms with E-state index in [0.717, 1.165) is 5.56 Å². The highest BCUT2D eigenvalue weighted by Crippen LogP contribution is 2.19. The van der Waals surface area contributed by atoms with Crippen LogP contribution in [-0.4, -0.2) is 18.6 Å². The van der Waals surface area contributed by atoms with Crippen molar-refractivity contribution in [2.75, 3.05) is 0 Å². The molecule has 1 aromatic heterocycles. The number of nitrogens with zero attached hydrogens (tertiary/aromatic N) is 2. The molecule has 6 nitrogen and oxygen atoms in total. The highest BCUT2D eigenvalue weighted by atomic mass is 32.2. The first-order valence-electron chi connectivity index (χ1n) is 5.76. The summed E-state index contributed by atoms with van der Waals surface area (Å²) >= 11 is 0. The van der Waals surface area contributed by atoms with Crippen LogP contribution in [0.25, 0.3) is 0 Å². The monoisotopic (exact) mass is 281 g/mol. The molecule has 0 fully saturated rings. The molecule has 2 rings (SSSR count). The molecule has 0 radical (unpaired) electrons. The standard InChI is InChI=1S/C12H15N3O3S/c1-8-5-3-4-6-10(8)7-19(16,17)12-15-14-11(18-12)9(2)13/h3-6,9H,7,13H2,1-2H3. The van der Waals surface area contributed by atoms with Gasteiger partial charge in [-0.2, -0.15) is 0 Å². The fourth-order valence-electron chi connectivity index (χ4n) is 1.57. The van der Waals surface area contributed by atoms with Crippen LogP contribution in [0.5, 0.6) is 0 Å². The third kappa shape index (κ3) is 2.99. The maximum absolute atomic E-state index is 12.2. The van der Waals surface area contributed by atoms with Crippen molar-refractivity contribution in [1.82, 2.24) is 10.2 Å². The maximum atomic E-state index is 12.2. The predicted octanol–water partition coefficient (Wildman–Crippen LogP) is 1.37. The number of rotatable bonds is 4. The second kappa shape index (κ2) is 5.10. The second-order valence-corrected chi connectivity index (χ2v) is 6.25. The molecule has 0 aliphatic heterocycles. The van der Waals surface area contributed by atoms with Crippen LogP contribution in [0.15, 0.2) is 33.9 Å². The van der Waals surface area contributed by atoms with Crippen LogP contribution >= 0.6 is 0 Å². The second-order valence-electron chi connectivity index (χ2n) is 4.38. The van der Waals surface area contributed by atoms with Crippen LogP contribution in [0, 0.1) is 6.92 Å². The summed E-state index contributed by atoms with van der Waals surface area (Å²) in [5.74, 6) is -0.0522. The van der Waals surface area contributed by atoms with Crippen molar-refractivity contribution >= 4 is 9.84 Å². The van der Waals surface area contributed by atoms with Gasteiger partial charge in [0.15, 0.2) is 0 Å². The molecule has 0 spiro atoms. The van der Waals surface area contributed by atoms with E-state index in [-0.39, 0.29) is 16.9 Å². The molecule has 0 saturated carbocycles. The van der Waals surface area contributed by atoms with E-state index in [0.29, 0.717) is 5.56 Å². The Kier molecular flexibility index (Phi) is 3.68. The Bertz CT molecular complexity index is 677. The van der Waals surface area contributed by atoms with Crippen LogP contribution in [0.1, 0.15) is 30.0 Å². The number of hydrogen-bond acceptors (Lipinski definition) is 6. The van der Waals surface area contributed by atoms with E-state index < -0.39 is 15.9 Å². The average molecular weight is 281 g/mol. The third-order valence-corrected chi connectivity index (χ3v) is 4.07. The lowest BCUT2D eigenvalue weighted by atomic mass is 10.1. The third-order valence-electron chi connectivity index (χ3n) is 2.68. The van der Waals surface area contributed by atoms with Crippen molar-refractivity contribution in [3.8, 4) is 0 Å². The van der Waals surface area contributed by atoms with Gasteiger partial charge in [0.05, 0.1) is 11.8 Å². The van der Waals surface area contributed by atoms with Crippen LogP contribution in [0.3, 0.4) is 0 Å². The predicted molar refractivity (Wildman–Crippen MR) is 69.0 cm³/mol. The zero-order chi connectivity index (χ0) is 14.0. The van der Waals surface area contributed by atoms with E-state index >= 15 is 0 Å². The first-order valence-corrected chi connectivity index (χ1v) is 7.41. The smallest absolute Gasteiger partial charge is 0.335 e. The van der Waals surface area contributed by atoms with Gasteiger partial charge in [-0.3, -0.25) is 0 Å². The highest BCUT2D eigenvalue weighted by molar-refractivity contribution is 7.90. The van der Waals surface area contributed by atoms with Crippen LogP contribution in [0.4, 0.5) is 0 Å². The summed E-state index contributed by atoms with van der Waals surface area (Å²) in [4.78, 5) is 0. The molecule has 102 valence electrons. The summed E-state index contributed by atoms with van der Waals surface area (Å²) in [6, 6.07) is 6.77. The number of aryl methyl sites for hydroxylation is 1. The summed E-state index contributed by atoms with van der Waals surface area (Å²) in [6.07, 6.45) is 0. The number of sulfone groups is 1. The lowest BCUT2D eigenvalue weighted by molar-refractivity contribution is 0.380. The largest absolute Gasteiger partial charge is 0.411 e. The average Bonchev–Trinajstić information content (AvgIpc) is 2.82. The van der Waals surface area contributed by atoms with Crippen LogP contribution in [-0.2, 0) is 15.6 Å². The van der Waals surface area contributed by atoms with E-state index in [2.05, 4.69) is 10.2 Å². The Morgan fingerprint density at radius 3 is 2.58 bits per heavy atom. The number of hydrogen-bond donors (Lipinski definition) is 1. The van der Waals surface area contributed by atoms with Gasteiger partial charge < -0.3 is 10.2 Å². The summed E-state index contributed by atoms with van der Waals surface area (Å²) in [7, 11) is -3.64. The minimum atomic E-state index is -3.64. The first kappa shape index (κ1) is 13.7. The summed E-state index contributed by atoms with van der Waals surface area (Å²) in [6.45, 7) is 3.50. The molecule has 7 heteroatoms. The Balaban J connectivity index is 2.30. The van der Waals surface area contributed by atoms with E-state index in [1.807, 2.05) is 19.1 Å². The van der Waals surface area contributed by atoms with Gasteiger partial charge >= 0.3 is 5.22 Å². The molecule has 0 bridgehead atoms. The van der Waals surface area contributed by atoms with Crippen molar-refractivity contribution in [2.45, 2.75) is 30.9 Å². The minimum Gasteiger partial charge on any atom is -0.411 e. The molecular weight excluding hydrogens is 266 g/mol. The molecule has 1 heterocycles. The summed E-state index contributed by atoms with van der Waals surface area (Å²) in [5.41, 5.74) is 7.17. The van der Waals surface area contributed by atoms with Crippen molar-refractivity contribution < 1.29 is 12.8 Å². The highest BCUT2D eigenvalue weighted by Gasteiger charge is 2.24. The zero-order valence-corrected chi connectivity index (χ0v) is 11.5. The molecule has 1 aromatic carbocycles. The summed E-state index contributed by atoms with van der Waals surface area (Å²) in [5, 5.41) is 6.79.